The van der Waals surface area contributed by atoms with Crippen LogP contribution in [-0.4, -0.2) is 28.0 Å². The Hall–Kier alpha value is -3.89. The molecule has 0 saturated carbocycles. The van der Waals surface area contributed by atoms with Crippen molar-refractivity contribution in [2.45, 2.75) is 19.2 Å². The Morgan fingerprint density at radius 1 is 1.13 bits per heavy atom. The number of halogens is 3. The molecule has 2 aromatic carbocycles. The first-order chi connectivity index (χ1) is 14.2. The molecule has 0 radical (unpaired) electrons. The predicted octanol–water partition coefficient (Wildman–Crippen LogP) is 3.98. The number of nitrogens with one attached hydrogen (secondary N) is 1. The lowest BCUT2D eigenvalue weighted by Crippen LogP contribution is -2.16. The molecule has 3 aromatic rings. The van der Waals surface area contributed by atoms with Crippen LogP contribution in [0.1, 0.15) is 23.6 Å². The number of nitrogens with zero attached hydrogens (tertiary/aromatic N) is 4. The van der Waals surface area contributed by atoms with Crippen molar-refractivity contribution in [2.24, 2.45) is 0 Å². The van der Waals surface area contributed by atoms with Gasteiger partial charge in [-0.3, -0.25) is 0 Å². The molecule has 0 aliphatic heterocycles. The van der Waals surface area contributed by atoms with Gasteiger partial charge in [-0.15, -0.1) is 10.2 Å². The molecule has 30 heavy (non-hydrogen) atoms. The van der Waals surface area contributed by atoms with Gasteiger partial charge in [-0.25, -0.2) is 0 Å². The summed E-state index contributed by atoms with van der Waals surface area (Å²) in [6.07, 6.45) is -3.96. The van der Waals surface area contributed by atoms with Crippen molar-refractivity contribution in [1.29, 1.82) is 10.5 Å². The molecule has 1 heterocycles. The van der Waals surface area contributed by atoms with E-state index in [4.69, 9.17) is 20.0 Å². The van der Waals surface area contributed by atoms with E-state index in [9.17, 15) is 13.2 Å². The Labute approximate surface area is 170 Å². The Morgan fingerprint density at radius 2 is 1.83 bits per heavy atom. The third kappa shape index (κ3) is 6.33. The van der Waals surface area contributed by atoms with Gasteiger partial charge in [0.15, 0.2) is 0 Å². The summed E-state index contributed by atoms with van der Waals surface area (Å²) in [6.45, 7) is 1.66. The molecule has 0 bridgehead atoms. The van der Waals surface area contributed by atoms with Crippen LogP contribution in [0.15, 0.2) is 53.3 Å². The first-order valence-electron chi connectivity index (χ1n) is 8.54. The van der Waals surface area contributed by atoms with Crippen molar-refractivity contribution < 1.29 is 22.7 Å². The maximum atomic E-state index is 12.6. The zero-order chi connectivity index (χ0) is 22.1. The van der Waals surface area contributed by atoms with Crippen LogP contribution in [0.25, 0.3) is 11.5 Å². The molecule has 0 aliphatic carbocycles. The summed E-state index contributed by atoms with van der Waals surface area (Å²) >= 11 is 0. The lowest BCUT2D eigenvalue weighted by molar-refractivity contribution is -0.137. The van der Waals surface area contributed by atoms with E-state index < -0.39 is 23.4 Å². The third-order valence-corrected chi connectivity index (χ3v) is 3.67. The van der Waals surface area contributed by atoms with Gasteiger partial charge in [0.2, 0.25) is 12.3 Å². The number of hydrogen-bond donors (Lipinski definition) is 2. The molecule has 1 aromatic heterocycles. The highest BCUT2D eigenvalue weighted by Gasteiger charge is 2.33. The lowest BCUT2D eigenvalue weighted by atomic mass is 10.1. The summed E-state index contributed by atoms with van der Waals surface area (Å²) in [5.41, 5.74) is 0.257. The summed E-state index contributed by atoms with van der Waals surface area (Å²) < 4.78 is 42.7. The Balaban J connectivity index is 0.000000220. The van der Waals surface area contributed by atoms with Crippen LogP contribution in [0.4, 0.5) is 18.9 Å². The fourth-order valence-electron chi connectivity index (χ4n) is 2.24. The van der Waals surface area contributed by atoms with Crippen LogP contribution in [0.3, 0.4) is 0 Å². The zero-order valence-corrected chi connectivity index (χ0v) is 15.7. The van der Waals surface area contributed by atoms with Gasteiger partial charge < -0.3 is 14.8 Å². The van der Waals surface area contributed by atoms with E-state index in [0.29, 0.717) is 11.5 Å². The van der Waals surface area contributed by atoms with Crippen molar-refractivity contribution in [3.63, 3.8) is 0 Å². The number of aromatic nitrogens is 2. The molecular formula is C20H16F3N5O2. The molecule has 154 valence electrons. The van der Waals surface area contributed by atoms with Gasteiger partial charge in [-0.2, -0.15) is 23.7 Å². The van der Waals surface area contributed by atoms with Crippen molar-refractivity contribution in [3.8, 4) is 23.6 Å². The number of alkyl halides is 3. The van der Waals surface area contributed by atoms with Gasteiger partial charge in [0.25, 0.3) is 0 Å². The van der Waals surface area contributed by atoms with E-state index in [2.05, 4.69) is 15.5 Å². The minimum Gasteiger partial charge on any atom is -0.423 e. The predicted molar refractivity (Wildman–Crippen MR) is 101 cm³/mol. The number of nitriles is 2. The lowest BCUT2D eigenvalue weighted by Gasteiger charge is -2.13. The summed E-state index contributed by atoms with van der Waals surface area (Å²) in [5, 5.41) is 36.1. The highest BCUT2D eigenvalue weighted by atomic mass is 19.4. The Morgan fingerprint density at radius 3 is 2.33 bits per heavy atom. The minimum atomic E-state index is -4.56. The monoisotopic (exact) mass is 415 g/mol. The molecule has 3 rings (SSSR count). The van der Waals surface area contributed by atoms with Crippen LogP contribution in [0.5, 0.6) is 0 Å². The second kappa shape index (κ2) is 10.0. The standard InChI is InChI=1S/C11H11F3N2O.C9H5N3O/c1-7(17)6-16-9-3-2-8(5-15)10(4-9)11(12,13)14;10-5-7-1-3-8(4-2-7)9-12-11-6-13-9/h2-4,7,16-17H,6H2,1H3;1-4,6H. The molecule has 10 heteroatoms. The van der Waals surface area contributed by atoms with Crippen LogP contribution >= 0.6 is 0 Å². The number of rotatable bonds is 4. The molecule has 2 N–H and O–H groups in total. The second-order valence-electron chi connectivity index (χ2n) is 6.03. The van der Waals surface area contributed by atoms with Gasteiger partial charge in [0.1, 0.15) is 0 Å². The zero-order valence-electron chi connectivity index (χ0n) is 15.7. The smallest absolute Gasteiger partial charge is 0.417 e. The summed E-state index contributed by atoms with van der Waals surface area (Å²) in [4.78, 5) is 0. The van der Waals surface area contributed by atoms with E-state index in [-0.39, 0.29) is 12.2 Å². The van der Waals surface area contributed by atoms with E-state index in [1.54, 1.807) is 24.3 Å². The minimum absolute atomic E-state index is 0.142. The van der Waals surface area contributed by atoms with Crippen LogP contribution in [0, 0.1) is 22.7 Å². The Kier molecular flexibility index (Phi) is 7.50. The molecule has 0 saturated heterocycles. The van der Waals surface area contributed by atoms with Crippen molar-refractivity contribution >= 4 is 5.69 Å². The van der Waals surface area contributed by atoms with Gasteiger partial charge in [-0.05, 0) is 49.4 Å². The molecule has 0 spiro atoms. The highest BCUT2D eigenvalue weighted by molar-refractivity contribution is 5.54. The topological polar surface area (TPSA) is 119 Å². The number of anilines is 1. The number of hydrogen-bond acceptors (Lipinski definition) is 7. The van der Waals surface area contributed by atoms with E-state index in [1.165, 1.54) is 25.5 Å². The van der Waals surface area contributed by atoms with E-state index in [0.717, 1.165) is 17.7 Å². The average molecular weight is 415 g/mol. The van der Waals surface area contributed by atoms with E-state index in [1.807, 2.05) is 6.07 Å². The average Bonchev–Trinajstić information content (AvgIpc) is 3.27. The first-order valence-corrected chi connectivity index (χ1v) is 8.54. The van der Waals surface area contributed by atoms with Crippen molar-refractivity contribution in [2.75, 3.05) is 11.9 Å². The normalized spacial score (nSPS) is 11.4. The van der Waals surface area contributed by atoms with Crippen LogP contribution in [0.2, 0.25) is 0 Å². The van der Waals surface area contributed by atoms with Crippen LogP contribution < -0.4 is 5.32 Å². The molecule has 0 aliphatic rings. The quantitative estimate of drug-likeness (QED) is 0.661. The van der Waals surface area contributed by atoms with Crippen LogP contribution in [-0.2, 0) is 6.18 Å². The fraction of sp³-hybridized carbons (Fsp3) is 0.200. The molecule has 7 nitrogen and oxygen atoms in total. The largest absolute Gasteiger partial charge is 0.423 e. The summed E-state index contributed by atoms with van der Waals surface area (Å²) in [5.74, 6) is 0.462. The van der Waals surface area contributed by atoms with Crippen molar-refractivity contribution in [3.05, 3.63) is 65.5 Å². The number of benzene rings is 2. The first kappa shape index (κ1) is 22.4. The highest BCUT2D eigenvalue weighted by Crippen LogP contribution is 2.33. The Bertz CT molecular complexity index is 1030. The molecule has 1 atom stereocenters. The number of aliphatic hydroxyl groups is 1. The fourth-order valence-corrected chi connectivity index (χ4v) is 2.24. The molecule has 0 fully saturated rings. The maximum Gasteiger partial charge on any atom is 0.417 e. The van der Waals surface area contributed by atoms with E-state index >= 15 is 0 Å². The van der Waals surface area contributed by atoms with Gasteiger partial charge in [0, 0.05) is 17.8 Å². The third-order valence-electron chi connectivity index (χ3n) is 3.67. The molecule has 1 unspecified atom stereocenters. The SMILES string of the molecule is CC(O)CNc1ccc(C#N)c(C(F)(F)F)c1.N#Cc1ccc(-c2nnco2)cc1. The van der Waals surface area contributed by atoms with Gasteiger partial charge in [-0.1, -0.05) is 0 Å². The van der Waals surface area contributed by atoms with Gasteiger partial charge in [0.05, 0.1) is 34.9 Å². The number of aliphatic hydroxyl groups excluding tert-OH is 1. The van der Waals surface area contributed by atoms with Crippen molar-refractivity contribution in [1.82, 2.24) is 10.2 Å². The molecular weight excluding hydrogens is 399 g/mol. The van der Waals surface area contributed by atoms with Gasteiger partial charge >= 0.3 is 6.18 Å². The molecule has 0 amide bonds. The second-order valence-corrected chi connectivity index (χ2v) is 6.03. The summed E-state index contributed by atoms with van der Waals surface area (Å²) in [6, 6.07) is 13.8. The maximum absolute atomic E-state index is 12.6. The summed E-state index contributed by atoms with van der Waals surface area (Å²) in [7, 11) is 0.